The Morgan fingerprint density at radius 3 is 2.35 bits per heavy atom. The van der Waals surface area contributed by atoms with Crippen LogP contribution in [-0.4, -0.2) is 37.3 Å². The molecule has 0 unspecified atom stereocenters. The van der Waals surface area contributed by atoms with Crippen LogP contribution in [0.25, 0.3) is 0 Å². The molecular formula is C32H33N3O4S. The van der Waals surface area contributed by atoms with Crippen molar-refractivity contribution in [2.75, 3.05) is 17.8 Å². The fraction of sp³-hybridized carbons (Fsp3) is 0.250. The normalized spacial score (nSPS) is 14.1. The van der Waals surface area contributed by atoms with Crippen molar-refractivity contribution in [1.29, 1.82) is 0 Å². The smallest absolute Gasteiger partial charge is 0.253 e. The number of sulfonamides is 1. The van der Waals surface area contributed by atoms with E-state index in [4.69, 9.17) is 4.74 Å². The Kier molecular flexibility index (Phi) is 8.16. The average Bonchev–Trinajstić information content (AvgIpc) is 2.96. The Morgan fingerprint density at radius 2 is 1.68 bits per heavy atom. The number of benzene rings is 3. The molecule has 40 heavy (non-hydrogen) atoms. The van der Waals surface area contributed by atoms with Gasteiger partial charge in [-0.2, -0.15) is 0 Å². The van der Waals surface area contributed by atoms with Crippen molar-refractivity contribution in [3.8, 4) is 11.6 Å². The molecule has 7 nitrogen and oxygen atoms in total. The molecule has 1 aromatic heterocycles. The molecule has 1 aliphatic heterocycles. The van der Waals surface area contributed by atoms with Crippen LogP contribution < -0.4 is 9.46 Å². The van der Waals surface area contributed by atoms with E-state index in [0.717, 1.165) is 29.7 Å². The molecule has 0 radical (unpaired) electrons. The van der Waals surface area contributed by atoms with Gasteiger partial charge < -0.3 is 9.64 Å². The van der Waals surface area contributed by atoms with Crippen molar-refractivity contribution >= 4 is 21.6 Å². The third kappa shape index (κ3) is 6.87. The summed E-state index contributed by atoms with van der Waals surface area (Å²) in [5.74, 6) is 1.44. The van der Waals surface area contributed by atoms with Crippen LogP contribution in [0.2, 0.25) is 0 Å². The maximum atomic E-state index is 13.3. The number of hydrogen-bond acceptors (Lipinski definition) is 5. The van der Waals surface area contributed by atoms with Gasteiger partial charge in [0.2, 0.25) is 15.9 Å². The first kappa shape index (κ1) is 27.4. The minimum atomic E-state index is -3.63. The molecule has 0 saturated carbocycles. The SMILES string of the molecule is Cc1ccc(Oc2ccc(C3CCN(C(=O)c4ccc(C)c(NS(=O)(=O)Cc5ccccc5)c4)CC3)cc2)nc1. The molecule has 5 rings (SSSR count). The molecule has 1 fully saturated rings. The molecule has 3 aromatic carbocycles. The zero-order valence-corrected chi connectivity index (χ0v) is 23.5. The highest BCUT2D eigenvalue weighted by Gasteiger charge is 2.25. The van der Waals surface area contributed by atoms with E-state index in [1.807, 2.05) is 61.2 Å². The lowest BCUT2D eigenvalue weighted by atomic mass is 9.89. The van der Waals surface area contributed by atoms with Crippen LogP contribution in [0.1, 0.15) is 51.4 Å². The number of rotatable bonds is 8. The standard InChI is InChI=1S/C32H33N3O4S/c1-23-8-15-31(33-21-23)39-29-13-11-26(12-14-29)27-16-18-35(19-17-27)32(36)28-10-9-24(2)30(20-28)34-40(37,38)22-25-6-4-3-5-7-25/h3-15,20-21,27,34H,16-19,22H2,1-2H3. The molecule has 4 aromatic rings. The van der Waals surface area contributed by atoms with Crippen molar-refractivity contribution in [3.05, 3.63) is 119 Å². The zero-order valence-electron chi connectivity index (χ0n) is 22.7. The number of anilines is 1. The monoisotopic (exact) mass is 555 g/mol. The Morgan fingerprint density at radius 1 is 0.950 bits per heavy atom. The van der Waals surface area contributed by atoms with Gasteiger partial charge in [-0.1, -0.05) is 54.6 Å². The molecule has 0 spiro atoms. The van der Waals surface area contributed by atoms with E-state index in [9.17, 15) is 13.2 Å². The van der Waals surface area contributed by atoms with E-state index in [0.29, 0.717) is 41.7 Å². The summed E-state index contributed by atoms with van der Waals surface area (Å²) in [5.41, 5.74) is 4.68. The fourth-order valence-electron chi connectivity index (χ4n) is 4.90. The summed E-state index contributed by atoms with van der Waals surface area (Å²) >= 11 is 0. The summed E-state index contributed by atoms with van der Waals surface area (Å²) in [5, 5.41) is 0. The van der Waals surface area contributed by atoms with Crippen LogP contribution in [0.3, 0.4) is 0 Å². The van der Waals surface area contributed by atoms with Gasteiger partial charge in [0.1, 0.15) is 5.75 Å². The lowest BCUT2D eigenvalue weighted by Gasteiger charge is -2.32. The first-order valence-electron chi connectivity index (χ1n) is 13.4. The highest BCUT2D eigenvalue weighted by atomic mass is 32.2. The van der Waals surface area contributed by atoms with Gasteiger partial charge in [0, 0.05) is 30.9 Å². The van der Waals surface area contributed by atoms with Crippen molar-refractivity contribution in [2.24, 2.45) is 0 Å². The predicted molar refractivity (Wildman–Crippen MR) is 157 cm³/mol. The lowest BCUT2D eigenvalue weighted by Crippen LogP contribution is -2.38. The number of amides is 1. The fourth-order valence-corrected chi connectivity index (χ4v) is 6.16. The van der Waals surface area contributed by atoms with Gasteiger partial charge in [-0.05, 0) is 79.1 Å². The summed E-state index contributed by atoms with van der Waals surface area (Å²) in [7, 11) is -3.63. The number of piperidine rings is 1. The van der Waals surface area contributed by atoms with Crippen molar-refractivity contribution in [3.63, 3.8) is 0 Å². The van der Waals surface area contributed by atoms with Crippen molar-refractivity contribution in [1.82, 2.24) is 9.88 Å². The quantitative estimate of drug-likeness (QED) is 0.270. The number of aryl methyl sites for hydroxylation is 2. The molecule has 206 valence electrons. The van der Waals surface area contributed by atoms with Crippen LogP contribution in [-0.2, 0) is 15.8 Å². The molecule has 0 atom stereocenters. The molecule has 2 heterocycles. The second-order valence-electron chi connectivity index (χ2n) is 10.3. The van der Waals surface area contributed by atoms with Gasteiger partial charge in [-0.25, -0.2) is 13.4 Å². The topological polar surface area (TPSA) is 88.6 Å². The van der Waals surface area contributed by atoms with Crippen molar-refractivity contribution in [2.45, 2.75) is 38.4 Å². The number of carbonyl (C=O) groups is 1. The minimum absolute atomic E-state index is 0.0868. The zero-order chi connectivity index (χ0) is 28.1. The highest BCUT2D eigenvalue weighted by molar-refractivity contribution is 7.91. The number of aromatic nitrogens is 1. The molecule has 0 bridgehead atoms. The van der Waals surface area contributed by atoms with E-state index in [-0.39, 0.29) is 11.7 Å². The average molecular weight is 556 g/mol. The maximum Gasteiger partial charge on any atom is 0.253 e. The van der Waals surface area contributed by atoms with E-state index >= 15 is 0 Å². The molecule has 1 aliphatic rings. The summed E-state index contributed by atoms with van der Waals surface area (Å²) < 4.78 is 34.1. The second-order valence-corrected chi connectivity index (χ2v) is 12.0. The van der Waals surface area contributed by atoms with Gasteiger partial charge >= 0.3 is 0 Å². The predicted octanol–water partition coefficient (Wildman–Crippen LogP) is 6.45. The first-order valence-corrected chi connectivity index (χ1v) is 15.1. The summed E-state index contributed by atoms with van der Waals surface area (Å²) in [6.07, 6.45) is 3.49. The maximum absolute atomic E-state index is 13.3. The van der Waals surface area contributed by atoms with E-state index < -0.39 is 10.0 Å². The Bertz CT molecular complexity index is 1560. The van der Waals surface area contributed by atoms with Gasteiger partial charge in [-0.3, -0.25) is 9.52 Å². The van der Waals surface area contributed by atoms with Crippen LogP contribution in [0.5, 0.6) is 11.6 Å². The van der Waals surface area contributed by atoms with Gasteiger partial charge in [0.15, 0.2) is 0 Å². The number of nitrogens with zero attached hydrogens (tertiary/aromatic N) is 2. The third-order valence-corrected chi connectivity index (χ3v) is 8.43. The van der Waals surface area contributed by atoms with Crippen LogP contribution in [0, 0.1) is 13.8 Å². The molecule has 0 aliphatic carbocycles. The Hall–Kier alpha value is -4.17. The van der Waals surface area contributed by atoms with Crippen molar-refractivity contribution < 1.29 is 17.9 Å². The number of nitrogens with one attached hydrogen (secondary N) is 1. The molecule has 1 N–H and O–H groups in total. The largest absolute Gasteiger partial charge is 0.439 e. The summed E-state index contributed by atoms with van der Waals surface area (Å²) in [6, 6.07) is 26.1. The second kappa shape index (κ2) is 11.9. The van der Waals surface area contributed by atoms with Crippen LogP contribution in [0.4, 0.5) is 5.69 Å². The molecule has 1 saturated heterocycles. The first-order chi connectivity index (χ1) is 19.3. The molecular weight excluding hydrogens is 522 g/mol. The summed E-state index contributed by atoms with van der Waals surface area (Å²) in [6.45, 7) is 5.09. The lowest BCUT2D eigenvalue weighted by molar-refractivity contribution is 0.0713. The van der Waals surface area contributed by atoms with Gasteiger partial charge in [0.25, 0.3) is 5.91 Å². The minimum Gasteiger partial charge on any atom is -0.439 e. The number of pyridine rings is 1. The summed E-state index contributed by atoms with van der Waals surface area (Å²) in [4.78, 5) is 19.5. The molecule has 1 amide bonds. The van der Waals surface area contributed by atoms with Gasteiger partial charge in [-0.15, -0.1) is 0 Å². The molecule has 8 heteroatoms. The van der Waals surface area contributed by atoms with E-state index in [1.165, 1.54) is 5.56 Å². The van der Waals surface area contributed by atoms with E-state index in [1.54, 1.807) is 36.5 Å². The third-order valence-electron chi connectivity index (χ3n) is 7.19. The number of likely N-dealkylation sites (tertiary alicyclic amines) is 1. The Balaban J connectivity index is 1.18. The Labute approximate surface area is 235 Å². The number of hydrogen-bond donors (Lipinski definition) is 1. The van der Waals surface area contributed by atoms with E-state index in [2.05, 4.69) is 21.8 Å². The highest BCUT2D eigenvalue weighted by Crippen LogP contribution is 2.31. The van der Waals surface area contributed by atoms with Gasteiger partial charge in [0.05, 0.1) is 11.4 Å². The van der Waals surface area contributed by atoms with Crippen LogP contribution >= 0.6 is 0 Å². The number of carbonyl (C=O) groups excluding carboxylic acids is 1. The number of ether oxygens (including phenoxy) is 1. The van der Waals surface area contributed by atoms with Crippen LogP contribution in [0.15, 0.2) is 91.1 Å².